The quantitative estimate of drug-likeness (QED) is 0.868. The Morgan fingerprint density at radius 2 is 1.89 bits per heavy atom. The van der Waals surface area contributed by atoms with Crippen LogP contribution < -0.4 is 5.32 Å². The van der Waals surface area contributed by atoms with Gasteiger partial charge in [-0.3, -0.25) is 0 Å². The van der Waals surface area contributed by atoms with Crippen molar-refractivity contribution < 1.29 is 8.42 Å². The van der Waals surface area contributed by atoms with Gasteiger partial charge in [0.25, 0.3) is 0 Å². The van der Waals surface area contributed by atoms with Crippen LogP contribution in [0.15, 0.2) is 30.3 Å². The largest absolute Gasteiger partial charge is 0.314 e. The van der Waals surface area contributed by atoms with Crippen LogP contribution in [0.4, 0.5) is 0 Å². The summed E-state index contributed by atoms with van der Waals surface area (Å²) in [7, 11) is -3.15. The van der Waals surface area contributed by atoms with Gasteiger partial charge in [0.1, 0.15) is 4.84 Å². The molecule has 2 atom stereocenters. The third kappa shape index (κ3) is 2.99. The molecular weight excluding hydrogens is 293 g/mol. The van der Waals surface area contributed by atoms with E-state index >= 15 is 0 Å². The Bertz CT molecular complexity index is 490. The second-order valence-electron chi connectivity index (χ2n) is 4.38. The number of hydrogen-bond acceptors (Lipinski definition) is 3. The van der Waals surface area contributed by atoms with E-state index in [9.17, 15) is 8.42 Å². The lowest BCUT2D eigenvalue weighted by atomic mass is 9.97. The molecule has 1 aliphatic heterocycles. The van der Waals surface area contributed by atoms with Crippen LogP contribution in [0.5, 0.6) is 0 Å². The summed E-state index contributed by atoms with van der Waals surface area (Å²) in [6, 6.07) is 9.34. The van der Waals surface area contributed by atoms with Gasteiger partial charge < -0.3 is 5.32 Å². The van der Waals surface area contributed by atoms with Crippen LogP contribution in [-0.4, -0.2) is 37.3 Å². The number of halogens is 2. The van der Waals surface area contributed by atoms with Gasteiger partial charge in [0.2, 0.25) is 0 Å². The van der Waals surface area contributed by atoms with E-state index < -0.39 is 25.8 Å². The minimum atomic E-state index is -3.15. The molecule has 2 unspecified atom stereocenters. The molecule has 6 heteroatoms. The van der Waals surface area contributed by atoms with E-state index in [0.717, 1.165) is 5.56 Å². The number of hydrogen-bond donors (Lipinski definition) is 1. The van der Waals surface area contributed by atoms with E-state index in [1.165, 1.54) is 0 Å². The molecule has 0 aliphatic carbocycles. The number of sulfone groups is 1. The minimum Gasteiger partial charge on any atom is -0.314 e. The zero-order valence-electron chi connectivity index (χ0n) is 9.72. The van der Waals surface area contributed by atoms with Gasteiger partial charge in [0.05, 0.1) is 11.0 Å². The van der Waals surface area contributed by atoms with Crippen molar-refractivity contribution in [3.63, 3.8) is 0 Å². The fourth-order valence-corrected chi connectivity index (χ4v) is 4.96. The molecule has 1 saturated heterocycles. The van der Waals surface area contributed by atoms with E-state index in [4.69, 9.17) is 23.2 Å². The SMILES string of the molecule is O=S1(=O)CCNCC1C(c1ccccc1)C(Cl)Cl. The third-order valence-corrected chi connectivity index (χ3v) is 5.93. The highest BCUT2D eigenvalue weighted by atomic mass is 35.5. The van der Waals surface area contributed by atoms with Gasteiger partial charge in [-0.15, -0.1) is 23.2 Å². The van der Waals surface area contributed by atoms with Crippen molar-refractivity contribution in [2.24, 2.45) is 0 Å². The zero-order chi connectivity index (χ0) is 13.2. The number of alkyl halides is 2. The molecule has 1 aromatic rings. The lowest BCUT2D eigenvalue weighted by Crippen LogP contribution is -2.48. The molecule has 0 saturated carbocycles. The number of benzene rings is 1. The molecule has 1 heterocycles. The van der Waals surface area contributed by atoms with Gasteiger partial charge in [0, 0.05) is 19.0 Å². The molecule has 0 radical (unpaired) electrons. The first-order chi connectivity index (χ1) is 8.52. The van der Waals surface area contributed by atoms with E-state index in [2.05, 4.69) is 5.32 Å². The molecule has 1 aliphatic rings. The molecule has 0 bridgehead atoms. The summed E-state index contributed by atoms with van der Waals surface area (Å²) in [5.41, 5.74) is 0.866. The fraction of sp³-hybridized carbons (Fsp3) is 0.500. The Labute approximate surface area is 117 Å². The molecule has 100 valence electrons. The lowest BCUT2D eigenvalue weighted by molar-refractivity contribution is 0.516. The second-order valence-corrected chi connectivity index (χ2v) is 7.88. The van der Waals surface area contributed by atoms with E-state index in [1.807, 2.05) is 30.3 Å². The number of nitrogens with one attached hydrogen (secondary N) is 1. The average Bonchev–Trinajstić information content (AvgIpc) is 2.32. The highest BCUT2D eigenvalue weighted by molar-refractivity contribution is 7.92. The van der Waals surface area contributed by atoms with Gasteiger partial charge in [-0.2, -0.15) is 0 Å². The van der Waals surface area contributed by atoms with Crippen LogP contribution in [0, 0.1) is 0 Å². The minimum absolute atomic E-state index is 0.140. The van der Waals surface area contributed by atoms with Crippen molar-refractivity contribution in [3.8, 4) is 0 Å². The summed E-state index contributed by atoms with van der Waals surface area (Å²) in [4.78, 5) is -0.743. The molecule has 0 aromatic heterocycles. The van der Waals surface area contributed by atoms with E-state index in [-0.39, 0.29) is 5.75 Å². The van der Waals surface area contributed by atoms with Crippen LogP contribution in [0.3, 0.4) is 0 Å². The Kier molecular flexibility index (Phi) is 4.54. The predicted octanol–water partition coefficient (Wildman–Crippen LogP) is 1.96. The van der Waals surface area contributed by atoms with Gasteiger partial charge >= 0.3 is 0 Å². The summed E-state index contributed by atoms with van der Waals surface area (Å²) in [5.74, 6) is -0.256. The van der Waals surface area contributed by atoms with Crippen molar-refractivity contribution in [2.45, 2.75) is 16.0 Å². The third-order valence-electron chi connectivity index (χ3n) is 3.23. The fourth-order valence-electron chi connectivity index (χ4n) is 2.29. The summed E-state index contributed by atoms with van der Waals surface area (Å²) >= 11 is 12.0. The van der Waals surface area contributed by atoms with Crippen molar-refractivity contribution in [2.75, 3.05) is 18.8 Å². The molecule has 1 N–H and O–H groups in total. The molecule has 0 amide bonds. The van der Waals surface area contributed by atoms with Crippen molar-refractivity contribution in [1.82, 2.24) is 5.32 Å². The van der Waals surface area contributed by atoms with Crippen LogP contribution in [0.1, 0.15) is 11.5 Å². The smallest absolute Gasteiger partial charge is 0.156 e. The lowest BCUT2D eigenvalue weighted by Gasteiger charge is -2.31. The monoisotopic (exact) mass is 307 g/mol. The van der Waals surface area contributed by atoms with Crippen molar-refractivity contribution in [3.05, 3.63) is 35.9 Å². The van der Waals surface area contributed by atoms with Crippen molar-refractivity contribution in [1.29, 1.82) is 0 Å². The van der Waals surface area contributed by atoms with Crippen molar-refractivity contribution >= 4 is 33.0 Å². The molecule has 2 rings (SSSR count). The Balaban J connectivity index is 2.37. The summed E-state index contributed by atoms with van der Waals surface area (Å²) in [5, 5.41) is 2.54. The standard InChI is InChI=1S/C12H15Cl2NO2S/c13-12(14)11(9-4-2-1-3-5-9)10-8-15-6-7-18(10,16)17/h1-5,10-12,15H,6-8H2. The Morgan fingerprint density at radius 1 is 1.22 bits per heavy atom. The maximum absolute atomic E-state index is 12.1. The first-order valence-corrected chi connectivity index (χ1v) is 8.36. The maximum Gasteiger partial charge on any atom is 0.156 e. The van der Waals surface area contributed by atoms with Crippen LogP contribution in [0.25, 0.3) is 0 Å². The molecule has 1 aromatic carbocycles. The molecule has 0 spiro atoms. The summed E-state index contributed by atoms with van der Waals surface area (Å²) in [6.07, 6.45) is 0. The molecule has 18 heavy (non-hydrogen) atoms. The molecule has 1 fully saturated rings. The second kappa shape index (κ2) is 5.78. The van der Waals surface area contributed by atoms with Crippen LogP contribution in [-0.2, 0) is 9.84 Å². The summed E-state index contributed by atoms with van der Waals surface area (Å²) in [6.45, 7) is 0.896. The Hall–Kier alpha value is -0.290. The highest BCUT2D eigenvalue weighted by Crippen LogP contribution is 2.34. The molecular formula is C12H15Cl2NO2S. The Morgan fingerprint density at radius 3 is 2.44 bits per heavy atom. The van der Waals surface area contributed by atoms with E-state index in [1.54, 1.807) is 0 Å². The topological polar surface area (TPSA) is 46.2 Å². The zero-order valence-corrected chi connectivity index (χ0v) is 12.0. The average molecular weight is 308 g/mol. The van der Waals surface area contributed by atoms with E-state index in [0.29, 0.717) is 13.1 Å². The van der Waals surface area contributed by atoms with Gasteiger partial charge in [-0.05, 0) is 5.56 Å². The van der Waals surface area contributed by atoms with Crippen LogP contribution >= 0.6 is 23.2 Å². The highest BCUT2D eigenvalue weighted by Gasteiger charge is 2.39. The predicted molar refractivity (Wildman–Crippen MR) is 75.1 cm³/mol. The van der Waals surface area contributed by atoms with Gasteiger partial charge in [-0.25, -0.2) is 8.42 Å². The molecule has 3 nitrogen and oxygen atoms in total. The van der Waals surface area contributed by atoms with Gasteiger partial charge in [-0.1, -0.05) is 30.3 Å². The first kappa shape index (κ1) is 14.1. The normalized spacial score (nSPS) is 24.9. The van der Waals surface area contributed by atoms with Crippen LogP contribution in [0.2, 0.25) is 0 Å². The van der Waals surface area contributed by atoms with Gasteiger partial charge in [0.15, 0.2) is 9.84 Å². The number of rotatable bonds is 3. The summed E-state index contributed by atoms with van der Waals surface area (Å²) < 4.78 is 24.3. The first-order valence-electron chi connectivity index (χ1n) is 5.78. The maximum atomic E-state index is 12.1.